The fraction of sp³-hybridized carbons (Fsp3) is 0.125. The third kappa shape index (κ3) is 4.28. The van der Waals surface area contributed by atoms with E-state index in [1.165, 1.54) is 0 Å². The zero-order valence-corrected chi connectivity index (χ0v) is 13.0. The molecular formula is C16H14ClNO2S. The van der Waals surface area contributed by atoms with Crippen LogP contribution in [0.1, 0.15) is 17.3 Å². The minimum Gasteiger partial charge on any atom is -0.494 e. The van der Waals surface area contributed by atoms with Crippen LogP contribution in [0.25, 0.3) is 0 Å². The lowest BCUT2D eigenvalue weighted by Gasteiger charge is -2.08. The topological polar surface area (TPSA) is 38.3 Å². The van der Waals surface area contributed by atoms with Crippen LogP contribution in [0, 0.1) is 0 Å². The first-order valence-electron chi connectivity index (χ1n) is 6.44. The van der Waals surface area contributed by atoms with Crippen molar-refractivity contribution in [3.8, 4) is 5.75 Å². The number of Topliss-reactive ketones (excluding diaryl/α,β-unsaturated/α-hetero) is 1. The number of nitrogens with one attached hydrogen (secondary N) is 1. The van der Waals surface area contributed by atoms with Crippen LogP contribution in [0.15, 0.2) is 48.5 Å². The molecule has 0 aliphatic heterocycles. The number of carbonyl (C=O) groups excluding carboxylic acids is 1. The van der Waals surface area contributed by atoms with E-state index in [2.05, 4.69) is 5.32 Å². The van der Waals surface area contributed by atoms with E-state index in [4.69, 9.17) is 28.6 Å². The SMILES string of the molecule is CCOc1ccc(NC(=S)C(=O)c2ccc(Cl)cc2)cc1. The van der Waals surface area contributed by atoms with E-state index in [9.17, 15) is 4.79 Å². The Morgan fingerprint density at radius 1 is 1.14 bits per heavy atom. The summed E-state index contributed by atoms with van der Waals surface area (Å²) < 4.78 is 5.35. The van der Waals surface area contributed by atoms with Gasteiger partial charge in [-0.15, -0.1) is 0 Å². The monoisotopic (exact) mass is 319 g/mol. The molecule has 0 spiro atoms. The highest BCUT2D eigenvalue weighted by Gasteiger charge is 2.12. The molecule has 0 aliphatic rings. The van der Waals surface area contributed by atoms with Crippen molar-refractivity contribution in [3.63, 3.8) is 0 Å². The highest BCUT2D eigenvalue weighted by molar-refractivity contribution is 7.82. The van der Waals surface area contributed by atoms with Gasteiger partial charge in [0.25, 0.3) is 0 Å². The molecule has 0 unspecified atom stereocenters. The summed E-state index contributed by atoms with van der Waals surface area (Å²) >= 11 is 10.9. The summed E-state index contributed by atoms with van der Waals surface area (Å²) in [7, 11) is 0. The standard InChI is InChI=1S/C16H14ClNO2S/c1-2-20-14-9-7-13(8-10-14)18-16(21)15(19)11-3-5-12(17)6-4-11/h3-10H,2H2,1H3,(H,18,21). The van der Waals surface area contributed by atoms with E-state index in [0.717, 1.165) is 11.4 Å². The molecule has 2 aromatic carbocycles. The summed E-state index contributed by atoms with van der Waals surface area (Å²) in [6, 6.07) is 13.9. The molecule has 0 heterocycles. The van der Waals surface area contributed by atoms with Crippen molar-refractivity contribution in [1.82, 2.24) is 0 Å². The van der Waals surface area contributed by atoms with Crippen LogP contribution in [0.3, 0.4) is 0 Å². The number of ether oxygens (including phenoxy) is 1. The Kier molecular flexibility index (Phi) is 5.31. The van der Waals surface area contributed by atoms with Crippen molar-refractivity contribution >= 4 is 40.3 Å². The first-order valence-corrected chi connectivity index (χ1v) is 7.23. The average Bonchev–Trinajstić information content (AvgIpc) is 2.49. The molecule has 2 rings (SSSR count). The second kappa shape index (κ2) is 7.20. The molecular weight excluding hydrogens is 306 g/mol. The van der Waals surface area contributed by atoms with Crippen LogP contribution in [-0.4, -0.2) is 17.4 Å². The van der Waals surface area contributed by atoms with Gasteiger partial charge < -0.3 is 10.1 Å². The maximum atomic E-state index is 12.2. The number of anilines is 1. The number of ketones is 1. The van der Waals surface area contributed by atoms with Crippen LogP contribution in [0.2, 0.25) is 5.02 Å². The van der Waals surface area contributed by atoms with E-state index < -0.39 is 0 Å². The summed E-state index contributed by atoms with van der Waals surface area (Å²) in [6.07, 6.45) is 0. The quantitative estimate of drug-likeness (QED) is 0.656. The van der Waals surface area contributed by atoms with Gasteiger partial charge >= 0.3 is 0 Å². The molecule has 0 bridgehead atoms. The molecule has 0 saturated heterocycles. The molecule has 1 N–H and O–H groups in total. The average molecular weight is 320 g/mol. The zero-order valence-electron chi connectivity index (χ0n) is 11.4. The summed E-state index contributed by atoms with van der Waals surface area (Å²) in [4.78, 5) is 12.3. The Morgan fingerprint density at radius 2 is 1.76 bits per heavy atom. The number of thiocarbonyl (C=S) groups is 1. The molecule has 3 nitrogen and oxygen atoms in total. The Hall–Kier alpha value is -1.91. The highest BCUT2D eigenvalue weighted by atomic mass is 35.5. The van der Waals surface area contributed by atoms with Crippen LogP contribution in [0.4, 0.5) is 5.69 Å². The Labute approximate surface area is 133 Å². The minimum atomic E-state index is -0.240. The highest BCUT2D eigenvalue weighted by Crippen LogP contribution is 2.16. The van der Waals surface area contributed by atoms with Crippen molar-refractivity contribution in [3.05, 3.63) is 59.1 Å². The number of halogens is 1. The molecule has 21 heavy (non-hydrogen) atoms. The fourth-order valence-electron chi connectivity index (χ4n) is 1.72. The van der Waals surface area contributed by atoms with E-state index in [1.54, 1.807) is 24.3 Å². The van der Waals surface area contributed by atoms with Crippen LogP contribution >= 0.6 is 23.8 Å². The minimum absolute atomic E-state index is 0.140. The maximum absolute atomic E-state index is 12.2. The van der Waals surface area contributed by atoms with E-state index >= 15 is 0 Å². The molecule has 0 fully saturated rings. The number of rotatable bonds is 5. The van der Waals surface area contributed by atoms with Crippen molar-refractivity contribution in [2.24, 2.45) is 0 Å². The van der Waals surface area contributed by atoms with Crippen molar-refractivity contribution in [2.45, 2.75) is 6.92 Å². The number of carbonyl (C=O) groups is 1. The molecule has 0 radical (unpaired) electrons. The van der Waals surface area contributed by atoms with E-state index in [0.29, 0.717) is 17.2 Å². The number of hydrogen-bond donors (Lipinski definition) is 1. The predicted molar refractivity (Wildman–Crippen MR) is 89.6 cm³/mol. The van der Waals surface area contributed by atoms with Gasteiger partial charge in [-0.3, -0.25) is 4.79 Å². The summed E-state index contributed by atoms with van der Waals surface area (Å²) in [5.41, 5.74) is 1.24. The summed E-state index contributed by atoms with van der Waals surface area (Å²) in [5.74, 6) is 0.536. The molecule has 5 heteroatoms. The van der Waals surface area contributed by atoms with E-state index in [-0.39, 0.29) is 10.8 Å². The van der Waals surface area contributed by atoms with Gasteiger partial charge in [0.2, 0.25) is 5.78 Å². The molecule has 108 valence electrons. The normalized spacial score (nSPS) is 10.0. The lowest BCUT2D eigenvalue weighted by Crippen LogP contribution is -2.20. The Balaban J connectivity index is 2.03. The van der Waals surface area contributed by atoms with Gasteiger partial charge in [-0.25, -0.2) is 0 Å². The third-order valence-corrected chi connectivity index (χ3v) is 3.28. The van der Waals surface area contributed by atoms with Crippen molar-refractivity contribution in [1.29, 1.82) is 0 Å². The molecule has 0 aromatic heterocycles. The maximum Gasteiger partial charge on any atom is 0.220 e. The molecule has 0 aliphatic carbocycles. The van der Waals surface area contributed by atoms with Crippen LogP contribution in [-0.2, 0) is 0 Å². The van der Waals surface area contributed by atoms with Gasteiger partial charge in [0.05, 0.1) is 6.61 Å². The molecule has 0 saturated carbocycles. The lowest BCUT2D eigenvalue weighted by molar-refractivity contribution is 0.106. The van der Waals surface area contributed by atoms with Crippen LogP contribution < -0.4 is 10.1 Å². The number of hydrogen-bond acceptors (Lipinski definition) is 3. The zero-order chi connectivity index (χ0) is 15.2. The third-order valence-electron chi connectivity index (χ3n) is 2.74. The van der Waals surface area contributed by atoms with E-state index in [1.807, 2.05) is 31.2 Å². The summed E-state index contributed by atoms with van der Waals surface area (Å²) in [5, 5.41) is 3.50. The second-order valence-corrected chi connectivity index (χ2v) is 5.09. The van der Waals surface area contributed by atoms with Gasteiger partial charge in [-0.1, -0.05) is 23.8 Å². The molecule has 0 amide bonds. The fourth-order valence-corrected chi connectivity index (χ4v) is 2.08. The van der Waals surface area contributed by atoms with Gasteiger partial charge in [0.1, 0.15) is 5.75 Å². The number of benzene rings is 2. The molecule has 2 aromatic rings. The largest absolute Gasteiger partial charge is 0.494 e. The van der Waals surface area contributed by atoms with Crippen molar-refractivity contribution < 1.29 is 9.53 Å². The predicted octanol–water partition coefficient (Wildman–Crippen LogP) is 4.36. The Morgan fingerprint density at radius 3 is 2.33 bits per heavy atom. The van der Waals surface area contributed by atoms with Gasteiger partial charge in [0, 0.05) is 16.3 Å². The first-order chi connectivity index (χ1) is 10.1. The van der Waals surface area contributed by atoms with Crippen LogP contribution in [0.5, 0.6) is 5.75 Å². The van der Waals surface area contributed by atoms with Gasteiger partial charge in [0.15, 0.2) is 4.99 Å². The van der Waals surface area contributed by atoms with Crippen molar-refractivity contribution in [2.75, 3.05) is 11.9 Å². The molecule has 0 atom stereocenters. The summed E-state index contributed by atoms with van der Waals surface area (Å²) in [6.45, 7) is 2.53. The Bertz CT molecular complexity index is 638. The van der Waals surface area contributed by atoms with Gasteiger partial charge in [-0.05, 0) is 55.5 Å². The smallest absolute Gasteiger partial charge is 0.220 e. The first kappa shape index (κ1) is 15.5. The van der Waals surface area contributed by atoms with Gasteiger partial charge in [-0.2, -0.15) is 0 Å². The second-order valence-electron chi connectivity index (χ2n) is 4.25. The lowest BCUT2D eigenvalue weighted by atomic mass is 10.1.